The smallest absolute Gasteiger partial charge is 0.306 e. The number of ether oxygens (including phenoxy) is 1. The van der Waals surface area contributed by atoms with Crippen molar-refractivity contribution in [3.8, 4) is 5.69 Å². The second kappa shape index (κ2) is 10.1. The lowest BCUT2D eigenvalue weighted by molar-refractivity contribution is -0.143. The topological polar surface area (TPSA) is 48.3 Å². The molecule has 0 amide bonds. The maximum Gasteiger partial charge on any atom is 0.306 e. The summed E-state index contributed by atoms with van der Waals surface area (Å²) < 4.78 is 7.23. The van der Waals surface area contributed by atoms with Gasteiger partial charge in [-0.25, -0.2) is 0 Å². The highest BCUT2D eigenvalue weighted by atomic mass is 16.5. The minimum absolute atomic E-state index is 0.167. The van der Waals surface area contributed by atoms with Crippen LogP contribution in [0.2, 0.25) is 0 Å². The highest BCUT2D eigenvalue weighted by Crippen LogP contribution is 2.28. The summed E-state index contributed by atoms with van der Waals surface area (Å²) in [6, 6.07) is 24.5. The van der Waals surface area contributed by atoms with E-state index < -0.39 is 0 Å². The lowest BCUT2D eigenvalue weighted by atomic mass is 10.0. The molecule has 0 bridgehead atoms. The highest BCUT2D eigenvalue weighted by Gasteiger charge is 2.12. The number of aromatic nitrogens is 1. The summed E-state index contributed by atoms with van der Waals surface area (Å²) in [5.41, 5.74) is 6.38. The molecule has 4 heteroatoms. The van der Waals surface area contributed by atoms with Crippen LogP contribution in [0.3, 0.4) is 0 Å². The summed E-state index contributed by atoms with van der Waals surface area (Å²) in [6.45, 7) is 2.23. The molecule has 0 aliphatic rings. The van der Waals surface area contributed by atoms with Crippen LogP contribution < -0.4 is 0 Å². The molecule has 0 radical (unpaired) electrons. The van der Waals surface area contributed by atoms with Gasteiger partial charge in [0.1, 0.15) is 6.29 Å². The Bertz CT molecular complexity index is 1220. The summed E-state index contributed by atoms with van der Waals surface area (Å²) in [4.78, 5) is 23.1. The molecule has 0 saturated heterocycles. The molecule has 0 aliphatic heterocycles. The van der Waals surface area contributed by atoms with E-state index in [2.05, 4.69) is 53.2 Å². The normalized spacial score (nSPS) is 10.9. The van der Waals surface area contributed by atoms with Gasteiger partial charge in [-0.2, -0.15) is 0 Å². The molecule has 4 rings (SSSR count). The molecule has 162 valence electrons. The van der Waals surface area contributed by atoms with E-state index in [1.165, 1.54) is 16.5 Å². The Morgan fingerprint density at radius 2 is 1.75 bits per heavy atom. The van der Waals surface area contributed by atoms with Crippen LogP contribution in [0.5, 0.6) is 0 Å². The number of aryl methyl sites for hydroxylation is 3. The molecule has 3 aromatic carbocycles. The second-order valence-electron chi connectivity index (χ2n) is 7.88. The zero-order valence-corrected chi connectivity index (χ0v) is 18.3. The molecule has 0 aliphatic carbocycles. The third-order valence-electron chi connectivity index (χ3n) is 5.68. The largest absolute Gasteiger partial charge is 0.466 e. The van der Waals surface area contributed by atoms with E-state index in [0.717, 1.165) is 35.9 Å². The average Bonchev–Trinajstić information content (AvgIpc) is 3.20. The highest BCUT2D eigenvalue weighted by molar-refractivity contribution is 5.87. The number of hydrogen-bond donors (Lipinski definition) is 0. The molecular weight excluding hydrogens is 398 g/mol. The predicted octanol–water partition coefficient (Wildman–Crippen LogP) is 5.72. The van der Waals surface area contributed by atoms with Gasteiger partial charge in [0, 0.05) is 29.3 Å². The van der Waals surface area contributed by atoms with Gasteiger partial charge < -0.3 is 9.30 Å². The third kappa shape index (κ3) is 4.97. The average molecular weight is 426 g/mol. The Labute approximate surface area is 188 Å². The molecule has 1 heterocycles. The first-order valence-electron chi connectivity index (χ1n) is 11.1. The van der Waals surface area contributed by atoms with Gasteiger partial charge in [0.2, 0.25) is 0 Å². The van der Waals surface area contributed by atoms with Gasteiger partial charge in [-0.3, -0.25) is 9.59 Å². The molecule has 1 aromatic heterocycles. The lowest BCUT2D eigenvalue weighted by Gasteiger charge is -2.07. The summed E-state index contributed by atoms with van der Waals surface area (Å²) >= 11 is 0. The monoisotopic (exact) mass is 425 g/mol. The standard InChI is InChI=1S/C28H27NO3/c1-2-32-28(31)16-13-22-12-15-27-26(18-22)24(14-11-21-7-4-3-5-8-21)19-29(27)25-10-6-9-23(17-25)20-30/h3-10,12,15,17-20H,2,11,13-14,16H2,1H3. The summed E-state index contributed by atoms with van der Waals surface area (Å²) in [5, 5.41) is 1.18. The van der Waals surface area contributed by atoms with Crippen molar-refractivity contribution >= 4 is 23.2 Å². The zero-order valence-electron chi connectivity index (χ0n) is 18.3. The number of carbonyl (C=O) groups is 2. The van der Waals surface area contributed by atoms with E-state index in [1.807, 2.05) is 37.3 Å². The molecule has 0 spiro atoms. The molecule has 0 fully saturated rings. The Morgan fingerprint density at radius 3 is 2.53 bits per heavy atom. The van der Waals surface area contributed by atoms with Crippen LogP contribution in [0.25, 0.3) is 16.6 Å². The zero-order chi connectivity index (χ0) is 22.3. The number of carbonyl (C=O) groups excluding carboxylic acids is 2. The van der Waals surface area contributed by atoms with Crippen molar-refractivity contribution in [2.24, 2.45) is 0 Å². The van der Waals surface area contributed by atoms with Gasteiger partial charge in [-0.15, -0.1) is 0 Å². The van der Waals surface area contributed by atoms with Gasteiger partial charge in [0.05, 0.1) is 12.1 Å². The van der Waals surface area contributed by atoms with Crippen LogP contribution in [0.15, 0.2) is 79.0 Å². The van der Waals surface area contributed by atoms with Crippen molar-refractivity contribution in [1.82, 2.24) is 4.57 Å². The number of aldehydes is 1. The molecular formula is C28H27NO3. The van der Waals surface area contributed by atoms with Crippen molar-refractivity contribution in [2.45, 2.75) is 32.6 Å². The summed E-state index contributed by atoms with van der Waals surface area (Å²) in [5.74, 6) is -0.167. The van der Waals surface area contributed by atoms with Crippen molar-refractivity contribution in [1.29, 1.82) is 0 Å². The molecule has 0 saturated carbocycles. The van der Waals surface area contributed by atoms with E-state index in [4.69, 9.17) is 4.74 Å². The third-order valence-corrected chi connectivity index (χ3v) is 5.68. The maximum absolute atomic E-state index is 11.8. The molecule has 4 aromatic rings. The van der Waals surface area contributed by atoms with Crippen molar-refractivity contribution in [3.05, 3.63) is 101 Å². The quantitative estimate of drug-likeness (QED) is 0.254. The molecule has 0 unspecified atom stereocenters. The molecule has 4 nitrogen and oxygen atoms in total. The summed E-state index contributed by atoms with van der Waals surface area (Å²) in [7, 11) is 0. The van der Waals surface area contributed by atoms with Gasteiger partial charge >= 0.3 is 5.97 Å². The van der Waals surface area contributed by atoms with E-state index in [9.17, 15) is 9.59 Å². The van der Waals surface area contributed by atoms with Gasteiger partial charge in [0.25, 0.3) is 0 Å². The van der Waals surface area contributed by atoms with Crippen LogP contribution in [0.4, 0.5) is 0 Å². The number of rotatable bonds is 9. The van der Waals surface area contributed by atoms with E-state index >= 15 is 0 Å². The SMILES string of the molecule is CCOC(=O)CCc1ccc2c(c1)c(CCc1ccccc1)cn2-c1cccc(C=O)c1. The Balaban J connectivity index is 1.70. The Hall–Kier alpha value is -3.66. The van der Waals surface area contributed by atoms with Crippen molar-refractivity contribution in [3.63, 3.8) is 0 Å². The van der Waals surface area contributed by atoms with Gasteiger partial charge in [0.15, 0.2) is 0 Å². The fourth-order valence-corrected chi connectivity index (χ4v) is 4.06. The first kappa shape index (κ1) is 21.6. The van der Waals surface area contributed by atoms with Crippen LogP contribution in [0, 0.1) is 0 Å². The Kier molecular flexibility index (Phi) is 6.81. The first-order valence-corrected chi connectivity index (χ1v) is 11.1. The number of hydrogen-bond acceptors (Lipinski definition) is 3. The summed E-state index contributed by atoms with van der Waals surface area (Å²) in [6.07, 6.45) is 5.93. The van der Waals surface area contributed by atoms with Crippen LogP contribution in [-0.2, 0) is 28.8 Å². The maximum atomic E-state index is 11.8. The van der Waals surface area contributed by atoms with Crippen LogP contribution in [-0.4, -0.2) is 23.4 Å². The minimum Gasteiger partial charge on any atom is -0.466 e. The van der Waals surface area contributed by atoms with E-state index in [0.29, 0.717) is 25.0 Å². The second-order valence-corrected chi connectivity index (χ2v) is 7.88. The number of nitrogens with zero attached hydrogens (tertiary/aromatic N) is 1. The van der Waals surface area contributed by atoms with E-state index in [1.54, 1.807) is 0 Å². The van der Waals surface area contributed by atoms with Crippen LogP contribution >= 0.6 is 0 Å². The number of esters is 1. The number of fused-ring (bicyclic) bond motifs is 1. The first-order chi connectivity index (χ1) is 15.7. The minimum atomic E-state index is -0.167. The Morgan fingerprint density at radius 1 is 0.906 bits per heavy atom. The van der Waals surface area contributed by atoms with Gasteiger partial charge in [-0.1, -0.05) is 48.5 Å². The fourth-order valence-electron chi connectivity index (χ4n) is 4.06. The molecule has 32 heavy (non-hydrogen) atoms. The molecule has 0 atom stereocenters. The van der Waals surface area contributed by atoms with E-state index in [-0.39, 0.29) is 5.97 Å². The van der Waals surface area contributed by atoms with Gasteiger partial charge in [-0.05, 0) is 67.1 Å². The van der Waals surface area contributed by atoms with Crippen molar-refractivity contribution in [2.75, 3.05) is 6.61 Å². The fraction of sp³-hybridized carbons (Fsp3) is 0.214. The predicted molar refractivity (Wildman–Crippen MR) is 127 cm³/mol. The van der Waals surface area contributed by atoms with Crippen molar-refractivity contribution < 1.29 is 14.3 Å². The van der Waals surface area contributed by atoms with Crippen LogP contribution in [0.1, 0.15) is 40.4 Å². The molecule has 0 N–H and O–H groups in total. The lowest BCUT2D eigenvalue weighted by Crippen LogP contribution is -2.05. The number of benzene rings is 3.